The van der Waals surface area contributed by atoms with E-state index in [1.807, 2.05) is 0 Å². The molecule has 1 N–H and O–H groups in total. The first-order valence-corrected chi connectivity index (χ1v) is 10.0. The van der Waals surface area contributed by atoms with Crippen molar-refractivity contribution in [1.29, 1.82) is 0 Å². The summed E-state index contributed by atoms with van der Waals surface area (Å²) in [5.41, 5.74) is 0. The Kier molecular flexibility index (Phi) is 5.29. The number of rotatable bonds is 4. The summed E-state index contributed by atoms with van der Waals surface area (Å²) in [5.74, 6) is -2.40. The first kappa shape index (κ1) is 18.8. The van der Waals surface area contributed by atoms with E-state index < -0.39 is 33.8 Å². The number of nitrogens with zero attached hydrogens (tertiary/aromatic N) is 2. The number of aliphatic carboxylic acids is 1. The van der Waals surface area contributed by atoms with E-state index >= 15 is 0 Å². The number of benzene rings is 1. The van der Waals surface area contributed by atoms with E-state index in [1.54, 1.807) is 0 Å². The van der Waals surface area contributed by atoms with E-state index in [0.717, 1.165) is 12.1 Å². The fourth-order valence-corrected chi connectivity index (χ4v) is 5.16. The first-order chi connectivity index (χ1) is 12.3. The SMILES string of the molecule is O=C(O)[C@@H]1CCCN1C(=O)C1CCCN(S(=O)(=O)c2ccc(F)cc2)C1. The summed E-state index contributed by atoms with van der Waals surface area (Å²) in [7, 11) is -3.82. The second-order valence-corrected chi connectivity index (χ2v) is 8.62. The molecule has 26 heavy (non-hydrogen) atoms. The van der Waals surface area contributed by atoms with E-state index in [1.165, 1.54) is 21.3 Å². The van der Waals surface area contributed by atoms with Crippen LogP contribution in [0.1, 0.15) is 25.7 Å². The van der Waals surface area contributed by atoms with Gasteiger partial charge in [-0.25, -0.2) is 17.6 Å². The Morgan fingerprint density at radius 2 is 1.73 bits per heavy atom. The van der Waals surface area contributed by atoms with Gasteiger partial charge in [0.05, 0.1) is 10.8 Å². The van der Waals surface area contributed by atoms with Gasteiger partial charge in [0.15, 0.2) is 0 Å². The summed E-state index contributed by atoms with van der Waals surface area (Å²) in [5, 5.41) is 9.25. The average molecular weight is 384 g/mol. The Morgan fingerprint density at radius 1 is 1.08 bits per heavy atom. The number of hydrogen-bond acceptors (Lipinski definition) is 4. The minimum atomic E-state index is -3.82. The number of halogens is 1. The summed E-state index contributed by atoms with van der Waals surface area (Å²) in [4.78, 5) is 25.4. The van der Waals surface area contributed by atoms with Crippen molar-refractivity contribution in [3.63, 3.8) is 0 Å². The molecule has 0 bridgehead atoms. The molecule has 1 aromatic carbocycles. The van der Waals surface area contributed by atoms with Gasteiger partial charge >= 0.3 is 5.97 Å². The standard InChI is InChI=1S/C17H21FN2O5S/c18-13-5-7-14(8-6-13)26(24,25)19-9-1-3-12(11-19)16(21)20-10-2-4-15(20)17(22)23/h5-8,12,15H,1-4,9-11H2,(H,22,23)/t12?,15-/m0/s1. The van der Waals surface area contributed by atoms with E-state index in [2.05, 4.69) is 0 Å². The van der Waals surface area contributed by atoms with Gasteiger partial charge in [0.2, 0.25) is 15.9 Å². The van der Waals surface area contributed by atoms with Gasteiger partial charge in [0, 0.05) is 19.6 Å². The van der Waals surface area contributed by atoms with Crippen molar-refractivity contribution >= 4 is 21.9 Å². The number of carboxylic acid groups (broad SMARTS) is 1. The zero-order valence-corrected chi connectivity index (χ0v) is 15.0. The van der Waals surface area contributed by atoms with Crippen molar-refractivity contribution in [1.82, 2.24) is 9.21 Å². The maximum Gasteiger partial charge on any atom is 0.326 e. The third-order valence-corrected chi connectivity index (χ3v) is 6.89. The summed E-state index contributed by atoms with van der Waals surface area (Å²) in [6.07, 6.45) is 2.10. The van der Waals surface area contributed by atoms with E-state index in [9.17, 15) is 27.5 Å². The van der Waals surface area contributed by atoms with Crippen molar-refractivity contribution in [2.75, 3.05) is 19.6 Å². The highest BCUT2D eigenvalue weighted by atomic mass is 32.2. The lowest BCUT2D eigenvalue weighted by Gasteiger charge is -2.34. The van der Waals surface area contributed by atoms with Gasteiger partial charge in [0.1, 0.15) is 11.9 Å². The molecule has 0 spiro atoms. The highest BCUT2D eigenvalue weighted by molar-refractivity contribution is 7.89. The molecule has 142 valence electrons. The van der Waals surface area contributed by atoms with Crippen molar-refractivity contribution in [2.45, 2.75) is 36.6 Å². The van der Waals surface area contributed by atoms with Gasteiger partial charge in [-0.2, -0.15) is 4.31 Å². The highest BCUT2D eigenvalue weighted by Gasteiger charge is 2.40. The van der Waals surface area contributed by atoms with Crippen LogP contribution in [0.4, 0.5) is 4.39 Å². The largest absolute Gasteiger partial charge is 0.480 e. The topological polar surface area (TPSA) is 95.0 Å². The minimum absolute atomic E-state index is 0.0153. The monoisotopic (exact) mass is 384 g/mol. The Morgan fingerprint density at radius 3 is 2.38 bits per heavy atom. The molecule has 3 rings (SSSR count). The van der Waals surface area contributed by atoms with Crippen molar-refractivity contribution in [3.05, 3.63) is 30.1 Å². The number of carboxylic acids is 1. The molecule has 7 nitrogen and oxygen atoms in total. The number of likely N-dealkylation sites (tertiary alicyclic amines) is 1. The highest BCUT2D eigenvalue weighted by Crippen LogP contribution is 2.28. The van der Waals surface area contributed by atoms with Crippen LogP contribution in [0.15, 0.2) is 29.2 Å². The molecule has 2 aliphatic heterocycles. The van der Waals surface area contributed by atoms with Crippen LogP contribution in [0.25, 0.3) is 0 Å². The molecule has 2 fully saturated rings. The van der Waals surface area contributed by atoms with Crippen LogP contribution >= 0.6 is 0 Å². The van der Waals surface area contributed by atoms with Crippen LogP contribution < -0.4 is 0 Å². The minimum Gasteiger partial charge on any atom is -0.480 e. The molecule has 2 heterocycles. The Labute approximate surface area is 151 Å². The molecule has 2 saturated heterocycles. The zero-order chi connectivity index (χ0) is 18.9. The molecule has 0 saturated carbocycles. The zero-order valence-electron chi connectivity index (χ0n) is 14.2. The van der Waals surface area contributed by atoms with Gasteiger partial charge < -0.3 is 10.0 Å². The van der Waals surface area contributed by atoms with Crippen molar-refractivity contribution in [2.24, 2.45) is 5.92 Å². The summed E-state index contributed by atoms with van der Waals surface area (Å²) in [6, 6.07) is 3.75. The van der Waals surface area contributed by atoms with Crippen LogP contribution in [0.5, 0.6) is 0 Å². The van der Waals surface area contributed by atoms with Crippen LogP contribution in [-0.4, -0.2) is 60.3 Å². The normalized spacial score (nSPS) is 24.6. The Bertz CT molecular complexity index is 796. The molecule has 1 aromatic rings. The van der Waals surface area contributed by atoms with Crippen LogP contribution in [0.3, 0.4) is 0 Å². The second kappa shape index (κ2) is 7.32. The smallest absolute Gasteiger partial charge is 0.326 e. The summed E-state index contributed by atoms with van der Waals surface area (Å²) in [6.45, 7) is 0.685. The second-order valence-electron chi connectivity index (χ2n) is 6.68. The Balaban J connectivity index is 1.75. The number of carbonyl (C=O) groups excluding carboxylic acids is 1. The van der Waals surface area contributed by atoms with Crippen molar-refractivity contribution < 1.29 is 27.5 Å². The van der Waals surface area contributed by atoms with Gasteiger partial charge in [-0.15, -0.1) is 0 Å². The van der Waals surface area contributed by atoms with Crippen LogP contribution in [0.2, 0.25) is 0 Å². The number of hydrogen-bond donors (Lipinski definition) is 1. The molecule has 1 unspecified atom stereocenters. The summed E-state index contributed by atoms with van der Waals surface area (Å²) < 4.78 is 39.8. The lowest BCUT2D eigenvalue weighted by atomic mass is 9.97. The van der Waals surface area contributed by atoms with Gasteiger partial charge in [-0.05, 0) is 49.9 Å². The van der Waals surface area contributed by atoms with Crippen LogP contribution in [-0.2, 0) is 19.6 Å². The van der Waals surface area contributed by atoms with E-state index in [0.29, 0.717) is 32.2 Å². The molecule has 9 heteroatoms. The third-order valence-electron chi connectivity index (χ3n) is 5.01. The first-order valence-electron chi connectivity index (χ1n) is 8.59. The fraction of sp³-hybridized carbons (Fsp3) is 0.529. The fourth-order valence-electron chi connectivity index (χ4n) is 3.64. The molecule has 0 aliphatic carbocycles. The lowest BCUT2D eigenvalue weighted by molar-refractivity contribution is -0.150. The average Bonchev–Trinajstić information content (AvgIpc) is 3.11. The van der Waals surface area contributed by atoms with Gasteiger partial charge in [-0.1, -0.05) is 0 Å². The van der Waals surface area contributed by atoms with Crippen LogP contribution in [0, 0.1) is 11.7 Å². The molecular weight excluding hydrogens is 363 g/mol. The maximum atomic E-state index is 13.1. The van der Waals surface area contributed by atoms with Gasteiger partial charge in [-0.3, -0.25) is 4.79 Å². The molecular formula is C17H21FN2O5S. The molecule has 0 radical (unpaired) electrons. The number of carbonyl (C=O) groups is 2. The summed E-state index contributed by atoms with van der Waals surface area (Å²) >= 11 is 0. The molecule has 0 aromatic heterocycles. The number of amides is 1. The van der Waals surface area contributed by atoms with E-state index in [4.69, 9.17) is 0 Å². The number of piperidine rings is 1. The Hall–Kier alpha value is -2.00. The van der Waals surface area contributed by atoms with E-state index in [-0.39, 0.29) is 23.9 Å². The molecule has 2 aliphatic rings. The maximum absolute atomic E-state index is 13.1. The predicted molar refractivity (Wildman–Crippen MR) is 90.3 cm³/mol. The van der Waals surface area contributed by atoms with Gasteiger partial charge in [0.25, 0.3) is 0 Å². The molecule has 1 amide bonds. The third kappa shape index (κ3) is 3.59. The van der Waals surface area contributed by atoms with Crippen molar-refractivity contribution in [3.8, 4) is 0 Å². The quantitative estimate of drug-likeness (QED) is 0.844. The predicted octanol–water partition coefficient (Wildman–Crippen LogP) is 1.30. The lowest BCUT2D eigenvalue weighted by Crippen LogP contribution is -2.49. The molecule has 2 atom stereocenters. The number of sulfonamides is 1.